The molecule has 4 rings (SSSR count). The largest absolute Gasteiger partial charge is 0.298 e. The van der Waals surface area contributed by atoms with E-state index in [-0.39, 0.29) is 23.9 Å². The number of aromatic nitrogens is 1. The van der Waals surface area contributed by atoms with Gasteiger partial charge in [0.2, 0.25) is 10.0 Å². The number of anilines is 1. The smallest absolute Gasteiger partial charge is 0.257 e. The Balaban J connectivity index is 1.41. The number of hydrogen-bond donors (Lipinski definition) is 1. The van der Waals surface area contributed by atoms with Crippen molar-refractivity contribution in [3.8, 4) is 0 Å². The quantitative estimate of drug-likeness (QED) is 0.413. The second kappa shape index (κ2) is 11.1. The highest BCUT2D eigenvalue weighted by atomic mass is 32.2. The number of benzene rings is 2. The van der Waals surface area contributed by atoms with Gasteiger partial charge in [0.25, 0.3) is 5.91 Å². The average Bonchev–Trinajstić information content (AvgIpc) is 3.26. The van der Waals surface area contributed by atoms with E-state index in [1.54, 1.807) is 0 Å². The number of nitrogens with zero attached hydrogens (tertiary/aromatic N) is 3. The van der Waals surface area contributed by atoms with Crippen LogP contribution in [-0.2, 0) is 29.5 Å². The third kappa shape index (κ3) is 5.94. The number of fused-ring (bicyclic) bond motifs is 1. The molecule has 182 valence electrons. The minimum Gasteiger partial charge on any atom is -0.298 e. The Kier molecular flexibility index (Phi) is 7.92. The van der Waals surface area contributed by atoms with Crippen LogP contribution in [0.4, 0.5) is 5.13 Å². The maximum Gasteiger partial charge on any atom is 0.257 e. The summed E-state index contributed by atoms with van der Waals surface area (Å²) in [5, 5.41) is 3.42. The highest BCUT2D eigenvalue weighted by molar-refractivity contribution is 7.89. The molecule has 3 aromatic rings. The van der Waals surface area contributed by atoms with Crippen molar-refractivity contribution in [3.63, 3.8) is 0 Å². The van der Waals surface area contributed by atoms with Crippen LogP contribution in [0.1, 0.15) is 26.5 Å². The van der Waals surface area contributed by atoms with Crippen molar-refractivity contribution >= 4 is 32.4 Å². The monoisotopic (exact) mass is 508 g/mol. The SMILES string of the molecule is C=CCN(CC=C)S(=O)(=O)c1ccc(C(=O)Nc2nc3c(s2)CN(Cc2ccccc2)CC3)cc1. The second-order valence-electron chi connectivity index (χ2n) is 8.21. The highest BCUT2D eigenvalue weighted by Crippen LogP contribution is 2.29. The van der Waals surface area contributed by atoms with Gasteiger partial charge in [-0.1, -0.05) is 42.5 Å². The number of carbonyl (C=O) groups is 1. The van der Waals surface area contributed by atoms with Crippen LogP contribution in [0, 0.1) is 0 Å². The van der Waals surface area contributed by atoms with E-state index in [9.17, 15) is 13.2 Å². The Morgan fingerprint density at radius 1 is 1.09 bits per heavy atom. The van der Waals surface area contributed by atoms with Crippen molar-refractivity contribution in [2.45, 2.75) is 24.4 Å². The third-order valence-corrected chi connectivity index (χ3v) is 8.54. The number of nitrogens with one attached hydrogen (secondary N) is 1. The van der Waals surface area contributed by atoms with Gasteiger partial charge < -0.3 is 0 Å². The number of sulfonamides is 1. The summed E-state index contributed by atoms with van der Waals surface area (Å²) < 4.78 is 27.0. The molecule has 0 fully saturated rings. The van der Waals surface area contributed by atoms with E-state index in [1.165, 1.54) is 57.6 Å². The minimum absolute atomic E-state index is 0.112. The Morgan fingerprint density at radius 2 is 1.77 bits per heavy atom. The topological polar surface area (TPSA) is 82.6 Å². The molecule has 35 heavy (non-hydrogen) atoms. The minimum atomic E-state index is -3.71. The molecule has 1 amide bonds. The fourth-order valence-electron chi connectivity index (χ4n) is 3.93. The molecule has 7 nitrogen and oxygen atoms in total. The van der Waals surface area contributed by atoms with Crippen molar-refractivity contribution in [2.24, 2.45) is 0 Å². The first-order valence-corrected chi connectivity index (χ1v) is 13.5. The van der Waals surface area contributed by atoms with Gasteiger partial charge in [-0.25, -0.2) is 13.4 Å². The molecule has 1 N–H and O–H groups in total. The van der Waals surface area contributed by atoms with Crippen LogP contribution in [0.2, 0.25) is 0 Å². The summed E-state index contributed by atoms with van der Waals surface area (Å²) in [5.41, 5.74) is 2.67. The third-order valence-electron chi connectivity index (χ3n) is 5.70. The normalized spacial score (nSPS) is 13.9. The summed E-state index contributed by atoms with van der Waals surface area (Å²) in [6, 6.07) is 16.3. The van der Waals surface area contributed by atoms with Crippen LogP contribution < -0.4 is 5.32 Å². The number of rotatable bonds is 10. The lowest BCUT2D eigenvalue weighted by molar-refractivity contribution is 0.102. The van der Waals surface area contributed by atoms with E-state index < -0.39 is 10.0 Å². The Bertz CT molecular complexity index is 1290. The Labute approximate surface area is 210 Å². The van der Waals surface area contributed by atoms with Crippen molar-refractivity contribution < 1.29 is 13.2 Å². The lowest BCUT2D eigenvalue weighted by Crippen LogP contribution is -2.31. The van der Waals surface area contributed by atoms with Crippen LogP contribution in [0.5, 0.6) is 0 Å². The summed E-state index contributed by atoms with van der Waals surface area (Å²) in [5.74, 6) is -0.324. The first-order chi connectivity index (χ1) is 16.9. The molecule has 0 aliphatic carbocycles. The van der Waals surface area contributed by atoms with E-state index in [0.29, 0.717) is 10.7 Å². The van der Waals surface area contributed by atoms with Crippen LogP contribution in [0.25, 0.3) is 0 Å². The van der Waals surface area contributed by atoms with Crippen LogP contribution >= 0.6 is 11.3 Å². The zero-order valence-electron chi connectivity index (χ0n) is 19.4. The summed E-state index contributed by atoms with van der Waals surface area (Å²) in [6.07, 6.45) is 3.89. The second-order valence-corrected chi connectivity index (χ2v) is 11.2. The molecule has 0 atom stereocenters. The molecule has 1 aliphatic rings. The molecule has 2 aromatic carbocycles. The zero-order chi connectivity index (χ0) is 24.8. The molecule has 0 saturated carbocycles. The predicted octanol–water partition coefficient (Wildman–Crippen LogP) is 4.32. The standard InChI is InChI=1S/C26H28N4O3S2/c1-3-15-30(16-4-2)35(32,33)22-12-10-21(11-13-22)25(31)28-26-27-23-14-17-29(19-24(23)34-26)18-20-8-6-5-7-9-20/h3-13H,1-2,14-19H2,(H,27,28,31). The predicted molar refractivity (Wildman–Crippen MR) is 140 cm³/mol. The molecule has 0 unspecified atom stereocenters. The maximum absolute atomic E-state index is 12.9. The van der Waals surface area contributed by atoms with E-state index >= 15 is 0 Å². The first kappa shape index (κ1) is 25.0. The molecule has 0 saturated heterocycles. The van der Waals surface area contributed by atoms with Gasteiger partial charge >= 0.3 is 0 Å². The van der Waals surface area contributed by atoms with E-state index in [0.717, 1.165) is 36.6 Å². The van der Waals surface area contributed by atoms with Crippen LogP contribution in [0.15, 0.2) is 84.8 Å². The molecule has 1 aliphatic heterocycles. The van der Waals surface area contributed by atoms with Gasteiger partial charge in [-0.3, -0.25) is 15.0 Å². The van der Waals surface area contributed by atoms with Gasteiger partial charge in [-0.2, -0.15) is 4.31 Å². The molecule has 1 aromatic heterocycles. The van der Waals surface area contributed by atoms with Gasteiger partial charge in [0.05, 0.1) is 10.6 Å². The molecule has 0 radical (unpaired) electrons. The van der Waals surface area contributed by atoms with Crippen molar-refractivity contribution in [2.75, 3.05) is 25.0 Å². The Morgan fingerprint density at radius 3 is 2.43 bits per heavy atom. The molecule has 0 bridgehead atoms. The fourth-order valence-corrected chi connectivity index (χ4v) is 6.36. The van der Waals surface area contributed by atoms with Gasteiger partial charge in [0.15, 0.2) is 5.13 Å². The number of hydrogen-bond acceptors (Lipinski definition) is 6. The number of carbonyl (C=O) groups excluding carboxylic acids is 1. The molecular formula is C26H28N4O3S2. The maximum atomic E-state index is 12.9. The summed E-state index contributed by atoms with van der Waals surface area (Å²) in [4.78, 5) is 21.1. The lowest BCUT2D eigenvalue weighted by atomic mass is 10.1. The van der Waals surface area contributed by atoms with E-state index in [1.807, 2.05) is 18.2 Å². The van der Waals surface area contributed by atoms with Gasteiger partial charge in [0.1, 0.15) is 0 Å². The Hall–Kier alpha value is -3.11. The summed E-state index contributed by atoms with van der Waals surface area (Å²) >= 11 is 1.49. The first-order valence-electron chi connectivity index (χ1n) is 11.3. The van der Waals surface area contributed by atoms with Gasteiger partial charge in [-0.15, -0.1) is 24.5 Å². The molecule has 2 heterocycles. The van der Waals surface area contributed by atoms with Gasteiger partial charge in [-0.05, 0) is 29.8 Å². The lowest BCUT2D eigenvalue weighted by Gasteiger charge is -2.25. The molecule has 0 spiro atoms. The van der Waals surface area contributed by atoms with Crippen molar-refractivity contribution in [1.82, 2.24) is 14.2 Å². The van der Waals surface area contributed by atoms with E-state index in [4.69, 9.17) is 0 Å². The number of amides is 1. The van der Waals surface area contributed by atoms with Crippen LogP contribution in [0.3, 0.4) is 0 Å². The van der Waals surface area contributed by atoms with Crippen molar-refractivity contribution in [1.29, 1.82) is 0 Å². The molecular weight excluding hydrogens is 480 g/mol. The fraction of sp³-hybridized carbons (Fsp3) is 0.231. The van der Waals surface area contributed by atoms with Gasteiger partial charge in [0, 0.05) is 49.6 Å². The molecule has 9 heteroatoms. The van der Waals surface area contributed by atoms with Crippen molar-refractivity contribution in [3.05, 3.63) is 102 Å². The zero-order valence-corrected chi connectivity index (χ0v) is 21.0. The summed E-state index contributed by atoms with van der Waals surface area (Å²) in [7, 11) is -3.71. The average molecular weight is 509 g/mol. The number of thiazole rings is 1. The van der Waals surface area contributed by atoms with E-state index in [2.05, 4.69) is 40.5 Å². The van der Waals surface area contributed by atoms with Crippen LogP contribution in [-0.4, -0.2) is 48.1 Å². The summed E-state index contributed by atoms with van der Waals surface area (Å²) in [6.45, 7) is 10.2. The highest BCUT2D eigenvalue weighted by Gasteiger charge is 2.24.